The van der Waals surface area contributed by atoms with Gasteiger partial charge in [0.05, 0.1) is 17.9 Å². The molecule has 140 valence electrons. The molecule has 1 aromatic rings. The van der Waals surface area contributed by atoms with Crippen LogP contribution in [-0.2, 0) is 4.74 Å². The molecule has 1 N–H and O–H groups in total. The minimum absolute atomic E-state index is 0.0507. The molecular weight excluding hydrogens is 318 g/mol. The lowest BCUT2D eigenvalue weighted by molar-refractivity contribution is 0.0820. The number of hydrogen-bond acceptors (Lipinski definition) is 4. The van der Waals surface area contributed by atoms with Gasteiger partial charge in [0.15, 0.2) is 0 Å². The van der Waals surface area contributed by atoms with Crippen molar-refractivity contribution < 1.29 is 14.3 Å². The van der Waals surface area contributed by atoms with Gasteiger partial charge < -0.3 is 24.6 Å². The van der Waals surface area contributed by atoms with Gasteiger partial charge in [0.1, 0.15) is 5.75 Å². The maximum absolute atomic E-state index is 12.8. The lowest BCUT2D eigenvalue weighted by atomic mass is 10.2. The molecule has 1 aliphatic rings. The van der Waals surface area contributed by atoms with Crippen molar-refractivity contribution in [3.8, 4) is 5.75 Å². The molecule has 0 aliphatic carbocycles. The number of nitrogens with zero attached hydrogens (tertiary/aromatic N) is 2. The van der Waals surface area contributed by atoms with Crippen molar-refractivity contribution in [3.05, 3.63) is 24.3 Å². The Morgan fingerprint density at radius 2 is 2.08 bits per heavy atom. The van der Waals surface area contributed by atoms with Crippen LogP contribution >= 0.6 is 0 Å². The van der Waals surface area contributed by atoms with E-state index in [1.165, 1.54) is 0 Å². The van der Waals surface area contributed by atoms with Crippen molar-refractivity contribution in [3.63, 3.8) is 0 Å². The van der Waals surface area contributed by atoms with Gasteiger partial charge in [-0.3, -0.25) is 0 Å². The van der Waals surface area contributed by atoms with Crippen LogP contribution in [0.4, 0.5) is 10.5 Å². The summed E-state index contributed by atoms with van der Waals surface area (Å²) in [5, 5.41) is 3.00. The predicted molar refractivity (Wildman–Crippen MR) is 100 cm³/mol. The number of para-hydroxylation sites is 2. The second kappa shape index (κ2) is 9.63. The van der Waals surface area contributed by atoms with Gasteiger partial charge in [0.25, 0.3) is 0 Å². The fourth-order valence-electron chi connectivity index (χ4n) is 2.75. The van der Waals surface area contributed by atoms with E-state index in [0.717, 1.165) is 26.0 Å². The van der Waals surface area contributed by atoms with Crippen LogP contribution in [0, 0.1) is 0 Å². The smallest absolute Gasteiger partial charge is 0.322 e. The highest BCUT2D eigenvalue weighted by atomic mass is 16.5. The van der Waals surface area contributed by atoms with Crippen molar-refractivity contribution >= 4 is 11.7 Å². The van der Waals surface area contributed by atoms with Crippen LogP contribution < -0.4 is 10.1 Å². The first-order chi connectivity index (χ1) is 12.0. The SMILES string of the molecule is CC(C)Oc1ccccc1NC(=O)N(CCN(C)C)CC1CCCO1. The van der Waals surface area contributed by atoms with Crippen molar-refractivity contribution in [1.82, 2.24) is 9.80 Å². The molecule has 1 aliphatic heterocycles. The number of benzene rings is 1. The van der Waals surface area contributed by atoms with Crippen LogP contribution in [0.1, 0.15) is 26.7 Å². The number of amides is 2. The van der Waals surface area contributed by atoms with Gasteiger partial charge in [-0.1, -0.05) is 12.1 Å². The molecule has 25 heavy (non-hydrogen) atoms. The zero-order chi connectivity index (χ0) is 18.2. The Morgan fingerprint density at radius 3 is 2.72 bits per heavy atom. The van der Waals surface area contributed by atoms with Crippen molar-refractivity contribution in [2.75, 3.05) is 45.7 Å². The summed E-state index contributed by atoms with van der Waals surface area (Å²) in [6.07, 6.45) is 2.27. The Bertz CT molecular complexity index is 542. The largest absolute Gasteiger partial charge is 0.489 e. The summed E-state index contributed by atoms with van der Waals surface area (Å²) in [6.45, 7) is 6.82. The average molecular weight is 349 g/mol. The van der Waals surface area contributed by atoms with E-state index in [-0.39, 0.29) is 18.2 Å². The third kappa shape index (κ3) is 6.55. The van der Waals surface area contributed by atoms with Gasteiger partial charge >= 0.3 is 6.03 Å². The topological polar surface area (TPSA) is 54.0 Å². The highest BCUT2D eigenvalue weighted by Crippen LogP contribution is 2.25. The maximum Gasteiger partial charge on any atom is 0.322 e. The Hall–Kier alpha value is -1.79. The first kappa shape index (κ1) is 19.5. The summed E-state index contributed by atoms with van der Waals surface area (Å²) in [6, 6.07) is 7.43. The standard InChI is InChI=1S/C19H31N3O3/c1-15(2)25-18-10-6-5-9-17(18)20-19(23)22(12-11-21(3)4)14-16-8-7-13-24-16/h5-6,9-10,15-16H,7-8,11-14H2,1-4H3,(H,20,23). The first-order valence-corrected chi connectivity index (χ1v) is 9.03. The Morgan fingerprint density at radius 1 is 1.32 bits per heavy atom. The number of likely N-dealkylation sites (N-methyl/N-ethyl adjacent to an activating group) is 1. The van der Waals surface area contributed by atoms with Crippen LogP contribution in [0.25, 0.3) is 0 Å². The normalized spacial score (nSPS) is 17.1. The van der Waals surface area contributed by atoms with Gasteiger partial charge in [-0.2, -0.15) is 0 Å². The highest BCUT2D eigenvalue weighted by molar-refractivity contribution is 5.91. The number of ether oxygens (including phenoxy) is 2. The van der Waals surface area contributed by atoms with Crippen LogP contribution in [0.3, 0.4) is 0 Å². The molecule has 0 saturated carbocycles. The number of nitrogens with one attached hydrogen (secondary N) is 1. The van der Waals surface area contributed by atoms with E-state index in [1.807, 2.05) is 57.1 Å². The van der Waals surface area contributed by atoms with Crippen molar-refractivity contribution in [2.45, 2.75) is 38.9 Å². The number of carbonyl (C=O) groups excluding carboxylic acids is 1. The number of carbonyl (C=O) groups is 1. The van der Waals surface area contributed by atoms with Crippen molar-refractivity contribution in [2.24, 2.45) is 0 Å². The van der Waals surface area contributed by atoms with Crippen molar-refractivity contribution in [1.29, 1.82) is 0 Å². The molecule has 0 spiro atoms. The second-order valence-corrected chi connectivity index (χ2v) is 6.98. The van der Waals surface area contributed by atoms with E-state index < -0.39 is 0 Å². The quantitative estimate of drug-likeness (QED) is 0.784. The number of hydrogen-bond donors (Lipinski definition) is 1. The van der Waals surface area contributed by atoms with Gasteiger partial charge in [-0.15, -0.1) is 0 Å². The zero-order valence-electron chi connectivity index (χ0n) is 15.8. The van der Waals surface area contributed by atoms with Crippen LogP contribution in [0.5, 0.6) is 5.75 Å². The van der Waals surface area contributed by atoms with E-state index in [1.54, 1.807) is 0 Å². The molecule has 1 saturated heterocycles. The van der Waals surface area contributed by atoms with Gasteiger partial charge in [-0.05, 0) is 52.9 Å². The summed E-state index contributed by atoms with van der Waals surface area (Å²) < 4.78 is 11.5. The molecule has 1 atom stereocenters. The maximum atomic E-state index is 12.8. The third-order valence-electron chi connectivity index (χ3n) is 4.04. The fraction of sp³-hybridized carbons (Fsp3) is 0.632. The summed E-state index contributed by atoms with van der Waals surface area (Å²) in [7, 11) is 4.02. The molecular formula is C19H31N3O3. The predicted octanol–water partition coefficient (Wildman–Crippen LogP) is 3.05. The highest BCUT2D eigenvalue weighted by Gasteiger charge is 2.23. The summed E-state index contributed by atoms with van der Waals surface area (Å²) in [5.74, 6) is 0.690. The number of rotatable bonds is 8. The Kier molecular flexibility index (Phi) is 7.52. The van der Waals surface area contributed by atoms with E-state index in [0.29, 0.717) is 24.5 Å². The van der Waals surface area contributed by atoms with Crippen LogP contribution in [-0.4, -0.2) is 68.4 Å². The van der Waals surface area contributed by atoms with Crippen LogP contribution in [0.15, 0.2) is 24.3 Å². The molecule has 2 rings (SSSR count). The van der Waals surface area contributed by atoms with Gasteiger partial charge in [0, 0.05) is 26.2 Å². The minimum atomic E-state index is -0.114. The molecule has 0 radical (unpaired) electrons. The molecule has 0 aromatic heterocycles. The molecule has 1 aromatic carbocycles. The second-order valence-electron chi connectivity index (χ2n) is 6.98. The molecule has 2 amide bonds. The average Bonchev–Trinajstić information content (AvgIpc) is 3.05. The Labute approximate surface area is 151 Å². The fourth-order valence-corrected chi connectivity index (χ4v) is 2.75. The summed E-state index contributed by atoms with van der Waals surface area (Å²) in [5.41, 5.74) is 0.698. The molecule has 0 bridgehead atoms. The van der Waals surface area contributed by atoms with Gasteiger partial charge in [0.2, 0.25) is 0 Å². The first-order valence-electron chi connectivity index (χ1n) is 9.03. The Balaban J connectivity index is 2.04. The van der Waals surface area contributed by atoms with E-state index in [9.17, 15) is 4.79 Å². The molecule has 1 unspecified atom stereocenters. The van der Waals surface area contributed by atoms with E-state index in [2.05, 4.69) is 10.2 Å². The molecule has 6 heteroatoms. The summed E-state index contributed by atoms with van der Waals surface area (Å²) in [4.78, 5) is 16.7. The minimum Gasteiger partial charge on any atom is -0.489 e. The monoisotopic (exact) mass is 349 g/mol. The van der Waals surface area contributed by atoms with Crippen LogP contribution in [0.2, 0.25) is 0 Å². The molecule has 1 fully saturated rings. The third-order valence-corrected chi connectivity index (χ3v) is 4.04. The zero-order valence-corrected chi connectivity index (χ0v) is 15.8. The van der Waals surface area contributed by atoms with E-state index >= 15 is 0 Å². The van der Waals surface area contributed by atoms with Gasteiger partial charge in [-0.25, -0.2) is 4.79 Å². The molecule has 1 heterocycles. The number of anilines is 1. The number of urea groups is 1. The van der Waals surface area contributed by atoms with E-state index in [4.69, 9.17) is 9.47 Å². The lowest BCUT2D eigenvalue weighted by Crippen LogP contribution is -2.43. The molecule has 6 nitrogen and oxygen atoms in total. The lowest BCUT2D eigenvalue weighted by Gasteiger charge is -2.27. The summed E-state index contributed by atoms with van der Waals surface area (Å²) >= 11 is 0.